The third kappa shape index (κ3) is 5.15. The van der Waals surface area contributed by atoms with Gasteiger partial charge in [0.15, 0.2) is 6.61 Å². The van der Waals surface area contributed by atoms with Crippen LogP contribution in [0.4, 0.5) is 0 Å². The molecule has 1 heterocycles. The van der Waals surface area contributed by atoms with E-state index >= 15 is 0 Å². The Kier molecular flexibility index (Phi) is 6.71. The van der Waals surface area contributed by atoms with Gasteiger partial charge in [-0.25, -0.2) is 17.9 Å². The number of hydrogen-bond donors (Lipinski definition) is 1. The summed E-state index contributed by atoms with van der Waals surface area (Å²) in [5, 5.41) is -0.0352. The van der Waals surface area contributed by atoms with Crippen molar-refractivity contribution in [3.63, 3.8) is 0 Å². The zero-order valence-corrected chi connectivity index (χ0v) is 17.6. The third-order valence-electron chi connectivity index (χ3n) is 4.33. The Morgan fingerprint density at radius 2 is 1.80 bits per heavy atom. The molecule has 0 amide bonds. The summed E-state index contributed by atoms with van der Waals surface area (Å²) < 4.78 is 34.4. The van der Waals surface area contributed by atoms with E-state index in [2.05, 4.69) is 4.72 Å². The van der Waals surface area contributed by atoms with Crippen molar-refractivity contribution in [3.05, 3.63) is 88.7 Å². The first-order chi connectivity index (χ1) is 14.3. The molecule has 1 aromatic heterocycles. The van der Waals surface area contributed by atoms with Crippen LogP contribution in [0.1, 0.15) is 26.4 Å². The zero-order chi connectivity index (χ0) is 21.7. The summed E-state index contributed by atoms with van der Waals surface area (Å²) in [5.74, 6) is -1.20. The minimum Gasteiger partial charge on any atom is -0.454 e. The highest BCUT2D eigenvalue weighted by atomic mass is 35.5. The number of ketones is 1. The maximum Gasteiger partial charge on any atom is 0.338 e. The number of halogens is 1. The molecular weight excluding hydrogens is 428 g/mol. The van der Waals surface area contributed by atoms with Crippen LogP contribution >= 0.6 is 11.6 Å². The highest BCUT2D eigenvalue weighted by Crippen LogP contribution is 2.23. The summed E-state index contributed by atoms with van der Waals surface area (Å²) in [6.07, 6.45) is 1.70. The van der Waals surface area contributed by atoms with Crippen LogP contribution in [-0.2, 0) is 28.4 Å². The molecule has 156 valence electrons. The Balaban J connectivity index is 1.71. The van der Waals surface area contributed by atoms with Crippen LogP contribution in [0.5, 0.6) is 0 Å². The molecule has 0 fully saturated rings. The molecule has 0 aliphatic carbocycles. The van der Waals surface area contributed by atoms with E-state index in [0.717, 1.165) is 11.6 Å². The van der Waals surface area contributed by atoms with Crippen LogP contribution in [0.2, 0.25) is 5.02 Å². The molecule has 0 aliphatic heterocycles. The number of aryl methyl sites for hydroxylation is 1. The van der Waals surface area contributed by atoms with Gasteiger partial charge in [-0.1, -0.05) is 41.9 Å². The van der Waals surface area contributed by atoms with Crippen molar-refractivity contribution in [1.82, 2.24) is 9.29 Å². The quantitative estimate of drug-likeness (QED) is 0.423. The smallest absolute Gasteiger partial charge is 0.338 e. The Morgan fingerprint density at radius 3 is 2.47 bits per heavy atom. The number of esters is 1. The van der Waals surface area contributed by atoms with E-state index in [1.165, 1.54) is 12.1 Å². The highest BCUT2D eigenvalue weighted by Gasteiger charge is 2.21. The van der Waals surface area contributed by atoms with Crippen molar-refractivity contribution in [2.45, 2.75) is 11.4 Å². The molecular formula is C21H19ClN2O5S. The molecule has 30 heavy (non-hydrogen) atoms. The van der Waals surface area contributed by atoms with Gasteiger partial charge in [0.1, 0.15) is 4.90 Å². The number of benzene rings is 2. The molecule has 0 aliphatic rings. The number of nitrogens with zero attached hydrogens (tertiary/aromatic N) is 1. The second kappa shape index (κ2) is 9.25. The van der Waals surface area contributed by atoms with Crippen molar-refractivity contribution in [1.29, 1.82) is 0 Å². The molecule has 0 atom stereocenters. The van der Waals surface area contributed by atoms with Gasteiger partial charge in [-0.2, -0.15) is 0 Å². The normalized spacial score (nSPS) is 11.3. The lowest BCUT2D eigenvalue weighted by Gasteiger charge is -2.10. The van der Waals surface area contributed by atoms with Crippen LogP contribution in [-0.4, -0.2) is 31.3 Å². The zero-order valence-electron chi connectivity index (χ0n) is 16.0. The van der Waals surface area contributed by atoms with Gasteiger partial charge in [0, 0.05) is 19.8 Å². The lowest BCUT2D eigenvalue weighted by Crippen LogP contribution is -2.24. The van der Waals surface area contributed by atoms with Crippen molar-refractivity contribution in [2.24, 2.45) is 7.05 Å². The van der Waals surface area contributed by atoms with Crippen molar-refractivity contribution < 1.29 is 22.7 Å². The molecule has 3 aromatic rings. The van der Waals surface area contributed by atoms with Gasteiger partial charge in [-0.15, -0.1) is 0 Å². The van der Waals surface area contributed by atoms with Crippen LogP contribution in [0.3, 0.4) is 0 Å². The summed E-state index contributed by atoms with van der Waals surface area (Å²) in [6.45, 7) is -0.396. The predicted molar refractivity (Wildman–Crippen MR) is 112 cm³/mol. The number of carbonyl (C=O) groups is 2. The Hall–Kier alpha value is -2.94. The number of aromatic nitrogens is 1. The SMILES string of the molecule is Cn1cccc1C(=O)COC(=O)c1ccc(Cl)c(S(=O)(=O)NCc2ccccc2)c1. The molecule has 3 rings (SSSR count). The van der Waals surface area contributed by atoms with E-state index in [9.17, 15) is 18.0 Å². The maximum atomic E-state index is 12.7. The number of hydrogen-bond acceptors (Lipinski definition) is 5. The molecule has 0 saturated heterocycles. The number of sulfonamides is 1. The largest absolute Gasteiger partial charge is 0.454 e. The van der Waals surface area contributed by atoms with E-state index in [0.29, 0.717) is 5.69 Å². The fourth-order valence-corrected chi connectivity index (χ4v) is 4.27. The number of ether oxygens (including phenoxy) is 1. The van der Waals surface area contributed by atoms with Crippen molar-refractivity contribution >= 4 is 33.4 Å². The average Bonchev–Trinajstić information content (AvgIpc) is 3.17. The minimum absolute atomic E-state index is 0.0285. The molecule has 0 spiro atoms. The molecule has 0 saturated carbocycles. The molecule has 0 bridgehead atoms. The molecule has 7 nitrogen and oxygen atoms in total. The highest BCUT2D eigenvalue weighted by molar-refractivity contribution is 7.89. The third-order valence-corrected chi connectivity index (χ3v) is 6.21. The number of Topliss-reactive ketones (excluding diaryl/α,β-unsaturated/α-hetero) is 1. The van der Waals surface area contributed by atoms with Crippen LogP contribution < -0.4 is 4.72 Å². The predicted octanol–water partition coefficient (Wildman–Crippen LogP) is 3.20. The number of rotatable bonds is 8. The van der Waals surface area contributed by atoms with E-state index in [1.54, 1.807) is 54.2 Å². The summed E-state index contributed by atoms with van der Waals surface area (Å²) in [6, 6.07) is 16.1. The Labute approximate surface area is 179 Å². The van der Waals surface area contributed by atoms with Crippen molar-refractivity contribution in [2.75, 3.05) is 6.61 Å². The summed E-state index contributed by atoms with van der Waals surface area (Å²) in [7, 11) is -2.28. The molecule has 2 aromatic carbocycles. The molecule has 0 unspecified atom stereocenters. The van der Waals surface area contributed by atoms with E-state index in [4.69, 9.17) is 16.3 Å². The second-order valence-electron chi connectivity index (χ2n) is 6.46. The van der Waals surface area contributed by atoms with E-state index in [-0.39, 0.29) is 27.8 Å². The monoisotopic (exact) mass is 446 g/mol. The van der Waals surface area contributed by atoms with Crippen LogP contribution in [0.15, 0.2) is 71.8 Å². The van der Waals surface area contributed by atoms with E-state index in [1.807, 2.05) is 6.07 Å². The Morgan fingerprint density at radius 1 is 1.07 bits per heavy atom. The fraction of sp³-hybridized carbons (Fsp3) is 0.143. The molecule has 9 heteroatoms. The Bertz CT molecular complexity index is 1170. The average molecular weight is 447 g/mol. The maximum absolute atomic E-state index is 12.7. The first-order valence-corrected chi connectivity index (χ1v) is 10.8. The second-order valence-corrected chi connectivity index (χ2v) is 8.60. The summed E-state index contributed by atoms with van der Waals surface area (Å²) in [4.78, 5) is 24.2. The summed E-state index contributed by atoms with van der Waals surface area (Å²) in [5.41, 5.74) is 1.14. The van der Waals surface area contributed by atoms with Gasteiger partial charge in [-0.05, 0) is 35.9 Å². The lowest BCUT2D eigenvalue weighted by atomic mass is 10.2. The molecule has 0 radical (unpaired) electrons. The standard InChI is InChI=1S/C21H19ClN2O5S/c1-24-11-5-8-18(24)19(25)14-29-21(26)16-9-10-17(22)20(12-16)30(27,28)23-13-15-6-3-2-4-7-15/h2-12,23H,13-14H2,1H3. The van der Waals surface area contributed by atoms with E-state index < -0.39 is 22.6 Å². The van der Waals surface area contributed by atoms with Crippen molar-refractivity contribution in [3.8, 4) is 0 Å². The lowest BCUT2D eigenvalue weighted by molar-refractivity contribution is 0.0472. The number of nitrogens with one attached hydrogen (secondary N) is 1. The fourth-order valence-electron chi connectivity index (χ4n) is 2.73. The van der Waals surface area contributed by atoms with Gasteiger partial charge >= 0.3 is 5.97 Å². The van der Waals surface area contributed by atoms with Gasteiger partial charge in [0.25, 0.3) is 0 Å². The van der Waals surface area contributed by atoms with Crippen LogP contribution in [0, 0.1) is 0 Å². The van der Waals surface area contributed by atoms with Gasteiger partial charge < -0.3 is 9.30 Å². The van der Waals surface area contributed by atoms with Gasteiger partial charge in [-0.3, -0.25) is 4.79 Å². The number of carbonyl (C=O) groups excluding carboxylic acids is 2. The van der Waals surface area contributed by atoms with Crippen LogP contribution in [0.25, 0.3) is 0 Å². The summed E-state index contributed by atoms with van der Waals surface area (Å²) >= 11 is 6.05. The molecule has 1 N–H and O–H groups in total. The topological polar surface area (TPSA) is 94.5 Å². The minimum atomic E-state index is -3.98. The first-order valence-electron chi connectivity index (χ1n) is 8.93. The van der Waals surface area contributed by atoms with Gasteiger partial charge in [0.05, 0.1) is 16.3 Å². The first kappa shape index (κ1) is 21.8. The van der Waals surface area contributed by atoms with Gasteiger partial charge in [0.2, 0.25) is 15.8 Å².